The molecule has 0 bridgehead atoms. The topological polar surface area (TPSA) is 77.2 Å². The molecule has 0 aliphatic carbocycles. The average molecular weight is 249 g/mol. The lowest BCUT2D eigenvalue weighted by molar-refractivity contribution is 0.0903. The van der Waals surface area contributed by atoms with Crippen molar-refractivity contribution in [3.05, 3.63) is 29.6 Å². The second-order valence-electron chi connectivity index (χ2n) is 4.59. The number of nitrogens with one attached hydrogen (secondary N) is 1. The molecule has 0 spiro atoms. The highest BCUT2D eigenvalue weighted by Gasteiger charge is 2.24. The van der Waals surface area contributed by atoms with Gasteiger partial charge in [-0.15, -0.1) is 0 Å². The fraction of sp³-hybridized carbons (Fsp3) is 0.538. The number of hydrogen-bond acceptors (Lipinski definition) is 4. The molecule has 2 rings (SSSR count). The summed E-state index contributed by atoms with van der Waals surface area (Å²) in [6, 6.07) is 3.52. The van der Waals surface area contributed by atoms with Crippen LogP contribution in [0.2, 0.25) is 0 Å². The number of nitrogens with two attached hydrogens (primary N) is 1. The Bertz CT molecular complexity index is 405. The van der Waals surface area contributed by atoms with Crippen LogP contribution in [0.4, 0.5) is 0 Å². The maximum Gasteiger partial charge on any atom is 0.269 e. The number of pyridine rings is 1. The Hall–Kier alpha value is -1.46. The van der Waals surface area contributed by atoms with Crippen LogP contribution in [-0.4, -0.2) is 30.1 Å². The van der Waals surface area contributed by atoms with Crippen LogP contribution in [0, 0.1) is 5.92 Å². The molecule has 1 aliphatic heterocycles. The molecule has 1 fully saturated rings. The van der Waals surface area contributed by atoms with E-state index in [1.807, 2.05) is 13.0 Å². The fourth-order valence-electron chi connectivity index (χ4n) is 2.04. The summed E-state index contributed by atoms with van der Waals surface area (Å²) in [7, 11) is 0. The zero-order valence-electron chi connectivity index (χ0n) is 10.6. The first-order valence-electron chi connectivity index (χ1n) is 6.25. The van der Waals surface area contributed by atoms with Gasteiger partial charge in [-0.05, 0) is 25.0 Å². The minimum Gasteiger partial charge on any atom is -0.378 e. The van der Waals surface area contributed by atoms with Gasteiger partial charge in [-0.3, -0.25) is 9.78 Å². The van der Waals surface area contributed by atoms with Crippen LogP contribution in [0.15, 0.2) is 18.3 Å². The summed E-state index contributed by atoms with van der Waals surface area (Å²) in [6.07, 6.45) is 2.86. The molecular weight excluding hydrogens is 230 g/mol. The van der Waals surface area contributed by atoms with Crippen molar-refractivity contribution in [1.82, 2.24) is 10.3 Å². The summed E-state index contributed by atoms with van der Waals surface area (Å²) in [5.41, 5.74) is 6.83. The molecule has 2 unspecified atom stereocenters. The summed E-state index contributed by atoms with van der Waals surface area (Å²) in [6.45, 7) is 3.90. The molecule has 1 amide bonds. The van der Waals surface area contributed by atoms with E-state index in [-0.39, 0.29) is 12.0 Å². The number of ether oxygens (including phenoxy) is 1. The summed E-state index contributed by atoms with van der Waals surface area (Å²) < 4.78 is 5.45. The van der Waals surface area contributed by atoms with Crippen LogP contribution in [0.3, 0.4) is 0 Å². The minimum atomic E-state index is -0.141. The molecule has 5 heteroatoms. The van der Waals surface area contributed by atoms with Crippen LogP contribution in [0.5, 0.6) is 0 Å². The SMILES string of the molecule is CC1OCCC1CNC(=O)c1ccc(CN)cn1. The van der Waals surface area contributed by atoms with Crippen LogP contribution >= 0.6 is 0 Å². The predicted molar refractivity (Wildman–Crippen MR) is 68.0 cm³/mol. The Morgan fingerprint density at radius 2 is 2.44 bits per heavy atom. The van der Waals surface area contributed by atoms with Gasteiger partial charge in [-0.25, -0.2) is 0 Å². The third kappa shape index (κ3) is 3.05. The number of aromatic nitrogens is 1. The van der Waals surface area contributed by atoms with Crippen LogP contribution < -0.4 is 11.1 Å². The van der Waals surface area contributed by atoms with Gasteiger partial charge in [0.05, 0.1) is 6.10 Å². The standard InChI is InChI=1S/C13H19N3O2/c1-9-11(4-5-18-9)8-16-13(17)12-3-2-10(6-14)7-15-12/h2-3,7,9,11H,4-6,8,14H2,1H3,(H,16,17). The van der Waals surface area contributed by atoms with E-state index in [4.69, 9.17) is 10.5 Å². The normalized spacial score (nSPS) is 23.0. The first kappa shape index (κ1) is 13.0. The second-order valence-corrected chi connectivity index (χ2v) is 4.59. The minimum absolute atomic E-state index is 0.141. The molecule has 18 heavy (non-hydrogen) atoms. The van der Waals surface area contributed by atoms with Crippen molar-refractivity contribution in [3.63, 3.8) is 0 Å². The van der Waals surface area contributed by atoms with Crippen molar-refractivity contribution >= 4 is 5.91 Å². The molecule has 2 heterocycles. The Labute approximate surface area is 107 Å². The molecule has 0 aromatic carbocycles. The van der Waals surface area contributed by atoms with Gasteiger partial charge in [0.1, 0.15) is 5.69 Å². The lowest BCUT2D eigenvalue weighted by Gasteiger charge is -2.14. The number of carbonyl (C=O) groups is 1. The van der Waals surface area contributed by atoms with E-state index in [1.165, 1.54) is 0 Å². The van der Waals surface area contributed by atoms with Crippen molar-refractivity contribution < 1.29 is 9.53 Å². The zero-order chi connectivity index (χ0) is 13.0. The smallest absolute Gasteiger partial charge is 0.269 e. The molecule has 0 saturated carbocycles. The summed E-state index contributed by atoms with van der Waals surface area (Å²) in [4.78, 5) is 16.0. The van der Waals surface area contributed by atoms with Gasteiger partial charge >= 0.3 is 0 Å². The molecular formula is C13H19N3O2. The largest absolute Gasteiger partial charge is 0.378 e. The van der Waals surface area contributed by atoms with Gasteiger partial charge in [0.15, 0.2) is 0 Å². The quantitative estimate of drug-likeness (QED) is 0.823. The van der Waals surface area contributed by atoms with Crippen LogP contribution in [0.1, 0.15) is 29.4 Å². The van der Waals surface area contributed by atoms with Crippen molar-refractivity contribution in [2.75, 3.05) is 13.2 Å². The number of rotatable bonds is 4. The lowest BCUT2D eigenvalue weighted by Crippen LogP contribution is -2.32. The van der Waals surface area contributed by atoms with Gasteiger partial charge in [-0.2, -0.15) is 0 Å². The van der Waals surface area contributed by atoms with Gasteiger partial charge in [-0.1, -0.05) is 6.07 Å². The highest BCUT2D eigenvalue weighted by atomic mass is 16.5. The molecule has 98 valence electrons. The van der Waals surface area contributed by atoms with Crippen molar-refractivity contribution in [1.29, 1.82) is 0 Å². The van der Waals surface area contributed by atoms with Crippen molar-refractivity contribution in [2.45, 2.75) is 26.0 Å². The number of amides is 1. The first-order chi connectivity index (χ1) is 8.70. The molecule has 3 N–H and O–H groups in total. The van der Waals surface area contributed by atoms with E-state index in [0.29, 0.717) is 24.7 Å². The second kappa shape index (κ2) is 5.93. The Morgan fingerprint density at radius 1 is 1.61 bits per heavy atom. The van der Waals surface area contributed by atoms with Crippen molar-refractivity contribution in [3.8, 4) is 0 Å². The van der Waals surface area contributed by atoms with Gasteiger partial charge in [0.25, 0.3) is 5.91 Å². The molecule has 2 atom stereocenters. The highest BCUT2D eigenvalue weighted by Crippen LogP contribution is 2.19. The van der Waals surface area contributed by atoms with E-state index in [2.05, 4.69) is 10.3 Å². The summed E-state index contributed by atoms with van der Waals surface area (Å²) in [5.74, 6) is 0.259. The Balaban J connectivity index is 1.87. The third-order valence-corrected chi connectivity index (χ3v) is 3.35. The fourth-order valence-corrected chi connectivity index (χ4v) is 2.04. The van der Waals surface area contributed by atoms with Crippen molar-refractivity contribution in [2.24, 2.45) is 11.7 Å². The van der Waals surface area contributed by atoms with E-state index < -0.39 is 0 Å². The van der Waals surface area contributed by atoms with Crippen LogP contribution in [-0.2, 0) is 11.3 Å². The van der Waals surface area contributed by atoms with Gasteiger partial charge < -0.3 is 15.8 Å². The van der Waals surface area contributed by atoms with Gasteiger partial charge in [0.2, 0.25) is 0 Å². The molecule has 1 aliphatic rings. The van der Waals surface area contributed by atoms with E-state index in [1.54, 1.807) is 12.3 Å². The highest BCUT2D eigenvalue weighted by molar-refractivity contribution is 5.92. The molecule has 1 saturated heterocycles. The molecule has 5 nitrogen and oxygen atoms in total. The summed E-state index contributed by atoms with van der Waals surface area (Å²) in [5, 5.41) is 2.90. The first-order valence-corrected chi connectivity index (χ1v) is 6.25. The predicted octanol–water partition coefficient (Wildman–Crippen LogP) is 0.695. The van der Waals surface area contributed by atoms with E-state index in [9.17, 15) is 4.79 Å². The molecule has 0 radical (unpaired) electrons. The number of hydrogen-bond donors (Lipinski definition) is 2. The molecule has 1 aromatic rings. The van der Waals surface area contributed by atoms with Crippen LogP contribution in [0.25, 0.3) is 0 Å². The average Bonchev–Trinajstić information content (AvgIpc) is 2.81. The lowest BCUT2D eigenvalue weighted by atomic mass is 10.0. The zero-order valence-corrected chi connectivity index (χ0v) is 10.6. The maximum absolute atomic E-state index is 11.9. The Kier molecular flexibility index (Phi) is 4.28. The van der Waals surface area contributed by atoms with E-state index in [0.717, 1.165) is 18.6 Å². The number of nitrogens with zero attached hydrogens (tertiary/aromatic N) is 1. The third-order valence-electron chi connectivity index (χ3n) is 3.35. The van der Waals surface area contributed by atoms with E-state index >= 15 is 0 Å². The number of carbonyl (C=O) groups excluding carboxylic acids is 1. The Morgan fingerprint density at radius 3 is 3.00 bits per heavy atom. The van der Waals surface area contributed by atoms with Gasteiger partial charge in [0, 0.05) is 31.8 Å². The monoisotopic (exact) mass is 249 g/mol. The molecule has 1 aromatic heterocycles. The summed E-state index contributed by atoms with van der Waals surface area (Å²) >= 11 is 0. The maximum atomic E-state index is 11.9.